The fraction of sp³-hybridized carbons (Fsp3) is 0.714. The zero-order valence-electron chi connectivity index (χ0n) is 12.0. The number of carbonyl (C=O) groups excluding carboxylic acids is 1. The number of ether oxygens (including phenoxy) is 1. The standard InChI is InChI=1S/C14H22N2O4/c1-10-12(13(17)18)5-8-16(10)14(19)15-6-3-11(4-7-15)9-20-2/h3,10,12H,4-9H2,1-2H3,(H,17,18). The lowest BCUT2D eigenvalue weighted by atomic mass is 10.0. The Kier molecular flexibility index (Phi) is 4.65. The molecule has 0 saturated carbocycles. The predicted octanol–water partition coefficient (Wildman–Crippen LogP) is 1.18. The summed E-state index contributed by atoms with van der Waals surface area (Å²) in [4.78, 5) is 27.0. The molecule has 20 heavy (non-hydrogen) atoms. The van der Waals surface area contributed by atoms with Gasteiger partial charge in [-0.15, -0.1) is 0 Å². The molecule has 0 aliphatic carbocycles. The molecule has 6 heteroatoms. The Hall–Kier alpha value is -1.56. The molecule has 1 saturated heterocycles. The Balaban J connectivity index is 1.95. The SMILES string of the molecule is COCC1=CCN(C(=O)N2CCC(C(=O)O)C2C)CC1. The monoisotopic (exact) mass is 282 g/mol. The summed E-state index contributed by atoms with van der Waals surface area (Å²) in [5, 5.41) is 9.11. The highest BCUT2D eigenvalue weighted by Crippen LogP contribution is 2.26. The Bertz CT molecular complexity index is 421. The molecule has 112 valence electrons. The van der Waals surface area contributed by atoms with Crippen molar-refractivity contribution in [1.82, 2.24) is 9.80 Å². The van der Waals surface area contributed by atoms with Gasteiger partial charge in [0.15, 0.2) is 0 Å². The van der Waals surface area contributed by atoms with E-state index in [1.54, 1.807) is 16.9 Å². The molecule has 2 rings (SSSR count). The molecule has 6 nitrogen and oxygen atoms in total. The van der Waals surface area contributed by atoms with E-state index in [1.165, 1.54) is 5.57 Å². The van der Waals surface area contributed by atoms with E-state index in [0.29, 0.717) is 32.7 Å². The van der Waals surface area contributed by atoms with Crippen LogP contribution in [0, 0.1) is 5.92 Å². The van der Waals surface area contributed by atoms with E-state index in [9.17, 15) is 9.59 Å². The van der Waals surface area contributed by atoms with Gasteiger partial charge in [-0.3, -0.25) is 4.79 Å². The molecule has 2 amide bonds. The van der Waals surface area contributed by atoms with Crippen molar-refractivity contribution in [2.75, 3.05) is 33.4 Å². The van der Waals surface area contributed by atoms with Gasteiger partial charge in [-0.1, -0.05) is 6.08 Å². The van der Waals surface area contributed by atoms with Gasteiger partial charge in [-0.2, -0.15) is 0 Å². The first kappa shape index (κ1) is 14.8. The molecule has 2 atom stereocenters. The number of hydrogen-bond donors (Lipinski definition) is 1. The van der Waals surface area contributed by atoms with Crippen LogP contribution in [0.25, 0.3) is 0 Å². The van der Waals surface area contributed by atoms with Crippen molar-refractivity contribution in [3.63, 3.8) is 0 Å². The molecule has 0 radical (unpaired) electrons. The zero-order valence-corrected chi connectivity index (χ0v) is 12.0. The molecular weight excluding hydrogens is 260 g/mol. The number of amides is 2. The summed E-state index contributed by atoms with van der Waals surface area (Å²) in [5.74, 6) is -1.25. The van der Waals surface area contributed by atoms with E-state index in [0.717, 1.165) is 6.42 Å². The molecule has 0 aromatic heterocycles. The number of carbonyl (C=O) groups is 2. The third-order valence-corrected chi connectivity index (χ3v) is 4.22. The van der Waals surface area contributed by atoms with E-state index in [-0.39, 0.29) is 12.1 Å². The number of rotatable bonds is 3. The van der Waals surface area contributed by atoms with Gasteiger partial charge in [0.05, 0.1) is 12.5 Å². The highest BCUT2D eigenvalue weighted by Gasteiger charge is 2.39. The van der Waals surface area contributed by atoms with Crippen molar-refractivity contribution in [3.8, 4) is 0 Å². The topological polar surface area (TPSA) is 70.1 Å². The minimum absolute atomic E-state index is 0.0473. The Labute approximate surface area is 119 Å². The first-order valence-corrected chi connectivity index (χ1v) is 6.99. The first-order chi connectivity index (χ1) is 9.54. The van der Waals surface area contributed by atoms with Crippen LogP contribution in [0.5, 0.6) is 0 Å². The molecule has 2 unspecified atom stereocenters. The second kappa shape index (κ2) is 6.26. The van der Waals surface area contributed by atoms with E-state index in [4.69, 9.17) is 9.84 Å². The summed E-state index contributed by atoms with van der Waals surface area (Å²) in [6, 6.07) is -0.279. The summed E-state index contributed by atoms with van der Waals surface area (Å²) in [7, 11) is 1.66. The van der Waals surface area contributed by atoms with Gasteiger partial charge in [0, 0.05) is 32.8 Å². The van der Waals surface area contributed by atoms with Crippen LogP contribution in [-0.4, -0.2) is 66.3 Å². The zero-order chi connectivity index (χ0) is 14.7. The van der Waals surface area contributed by atoms with Crippen LogP contribution in [0.15, 0.2) is 11.6 Å². The van der Waals surface area contributed by atoms with Crippen molar-refractivity contribution < 1.29 is 19.4 Å². The largest absolute Gasteiger partial charge is 0.481 e. The van der Waals surface area contributed by atoms with Gasteiger partial charge in [0.2, 0.25) is 0 Å². The maximum Gasteiger partial charge on any atom is 0.320 e. The van der Waals surface area contributed by atoms with E-state index >= 15 is 0 Å². The maximum atomic E-state index is 12.4. The molecule has 0 spiro atoms. The molecular formula is C14H22N2O4. The van der Waals surface area contributed by atoms with Gasteiger partial charge in [-0.25, -0.2) is 4.79 Å². The average Bonchev–Trinajstić information content (AvgIpc) is 2.81. The van der Waals surface area contributed by atoms with Gasteiger partial charge < -0.3 is 19.6 Å². The number of carboxylic acids is 1. The van der Waals surface area contributed by atoms with Crippen molar-refractivity contribution in [1.29, 1.82) is 0 Å². The third-order valence-electron chi connectivity index (χ3n) is 4.22. The third kappa shape index (κ3) is 2.95. The summed E-state index contributed by atoms with van der Waals surface area (Å²) in [6.07, 6.45) is 3.39. The number of urea groups is 1. The highest BCUT2D eigenvalue weighted by molar-refractivity contribution is 5.78. The minimum atomic E-state index is -0.811. The highest BCUT2D eigenvalue weighted by atomic mass is 16.5. The average molecular weight is 282 g/mol. The van der Waals surface area contributed by atoms with E-state index in [2.05, 4.69) is 0 Å². The molecule has 0 aromatic rings. The Morgan fingerprint density at radius 3 is 2.70 bits per heavy atom. The van der Waals surface area contributed by atoms with Crippen LogP contribution in [-0.2, 0) is 9.53 Å². The second-order valence-electron chi connectivity index (χ2n) is 5.44. The molecule has 0 aromatic carbocycles. The van der Waals surface area contributed by atoms with Gasteiger partial charge in [0.1, 0.15) is 0 Å². The number of hydrogen-bond acceptors (Lipinski definition) is 3. The van der Waals surface area contributed by atoms with Crippen LogP contribution < -0.4 is 0 Å². The quantitative estimate of drug-likeness (QED) is 0.789. The summed E-state index contributed by atoms with van der Waals surface area (Å²) in [5.41, 5.74) is 1.22. The second-order valence-corrected chi connectivity index (χ2v) is 5.44. The summed E-state index contributed by atoms with van der Waals surface area (Å²) >= 11 is 0. The molecule has 2 heterocycles. The smallest absolute Gasteiger partial charge is 0.320 e. The minimum Gasteiger partial charge on any atom is -0.481 e. The fourth-order valence-corrected chi connectivity index (χ4v) is 2.92. The van der Waals surface area contributed by atoms with Crippen LogP contribution >= 0.6 is 0 Å². The normalized spacial score (nSPS) is 26.6. The lowest BCUT2D eigenvalue weighted by molar-refractivity contribution is -0.142. The van der Waals surface area contributed by atoms with E-state index < -0.39 is 11.9 Å². The van der Waals surface area contributed by atoms with Gasteiger partial charge >= 0.3 is 12.0 Å². The number of nitrogens with zero attached hydrogens (tertiary/aromatic N) is 2. The first-order valence-electron chi connectivity index (χ1n) is 6.99. The van der Waals surface area contributed by atoms with Crippen LogP contribution in [0.3, 0.4) is 0 Å². The van der Waals surface area contributed by atoms with Crippen LogP contribution in [0.4, 0.5) is 4.79 Å². The molecule has 2 aliphatic rings. The molecule has 1 N–H and O–H groups in total. The maximum absolute atomic E-state index is 12.4. The van der Waals surface area contributed by atoms with Crippen LogP contribution in [0.1, 0.15) is 19.8 Å². The summed E-state index contributed by atoms with van der Waals surface area (Å²) in [6.45, 7) is 4.22. The number of likely N-dealkylation sites (tertiary alicyclic amines) is 1. The van der Waals surface area contributed by atoms with Crippen molar-refractivity contribution in [2.45, 2.75) is 25.8 Å². The molecule has 2 aliphatic heterocycles. The van der Waals surface area contributed by atoms with Crippen molar-refractivity contribution >= 4 is 12.0 Å². The van der Waals surface area contributed by atoms with Gasteiger partial charge in [-0.05, 0) is 25.3 Å². The van der Waals surface area contributed by atoms with Crippen LogP contribution in [0.2, 0.25) is 0 Å². The fourth-order valence-electron chi connectivity index (χ4n) is 2.92. The number of aliphatic carboxylic acids is 1. The number of carboxylic acid groups (broad SMARTS) is 1. The molecule has 0 bridgehead atoms. The Morgan fingerprint density at radius 1 is 1.45 bits per heavy atom. The Morgan fingerprint density at radius 2 is 2.20 bits per heavy atom. The lowest BCUT2D eigenvalue weighted by Crippen LogP contribution is -2.47. The van der Waals surface area contributed by atoms with Crippen molar-refractivity contribution in [3.05, 3.63) is 11.6 Å². The van der Waals surface area contributed by atoms with E-state index in [1.807, 2.05) is 13.0 Å². The lowest BCUT2D eigenvalue weighted by Gasteiger charge is -2.33. The predicted molar refractivity (Wildman–Crippen MR) is 73.5 cm³/mol. The molecule has 1 fully saturated rings. The summed E-state index contributed by atoms with van der Waals surface area (Å²) < 4.78 is 5.09. The van der Waals surface area contributed by atoms with Crippen molar-refractivity contribution in [2.24, 2.45) is 5.92 Å². The van der Waals surface area contributed by atoms with Gasteiger partial charge in [0.25, 0.3) is 0 Å². The number of methoxy groups -OCH3 is 1.